The summed E-state index contributed by atoms with van der Waals surface area (Å²) in [5.74, 6) is 0. The highest BCUT2D eigenvalue weighted by molar-refractivity contribution is 6.37. The number of rotatable bonds is 10. The molecule has 6 heteroatoms. The molecule has 0 atom stereocenters. The molecule has 0 unspecified atom stereocenters. The van der Waals surface area contributed by atoms with Crippen molar-refractivity contribution >= 4 is 33.5 Å². The van der Waals surface area contributed by atoms with Crippen LogP contribution >= 0.6 is 11.6 Å². The minimum Gasteiger partial charge on any atom is -0.349 e. The number of nitrogens with zero attached hydrogens (tertiary/aromatic N) is 3. The zero-order valence-electron chi connectivity index (χ0n) is 16.3. The molecule has 0 radical (unpaired) electrons. The van der Waals surface area contributed by atoms with Crippen LogP contribution in [0.1, 0.15) is 46.0 Å². The number of hydrogen-bond donors (Lipinski definition) is 1. The van der Waals surface area contributed by atoms with E-state index in [1.54, 1.807) is 10.9 Å². The van der Waals surface area contributed by atoms with Crippen molar-refractivity contribution < 1.29 is 0 Å². The summed E-state index contributed by atoms with van der Waals surface area (Å²) in [5.41, 5.74) is 2.02. The first-order valence-corrected chi connectivity index (χ1v) is 10.4. The van der Waals surface area contributed by atoms with Crippen molar-refractivity contribution in [2.75, 3.05) is 19.6 Å². The second-order valence-electron chi connectivity index (χ2n) is 7.16. The minimum atomic E-state index is -0.0269. The van der Waals surface area contributed by atoms with Gasteiger partial charge in [0.05, 0.1) is 11.3 Å². The Labute approximate surface area is 165 Å². The van der Waals surface area contributed by atoms with E-state index >= 15 is 0 Å². The van der Waals surface area contributed by atoms with Crippen molar-refractivity contribution in [1.82, 2.24) is 19.4 Å². The number of benzene rings is 1. The largest absolute Gasteiger partial charge is 0.349 e. The third-order valence-corrected chi connectivity index (χ3v) is 5.39. The SMILES string of the molecule is CCCCN(CCCC)CCCn1cnc2c([nH]c3cccc(Cl)c32)c1=O. The van der Waals surface area contributed by atoms with Crippen molar-refractivity contribution in [2.24, 2.45) is 0 Å². The maximum absolute atomic E-state index is 12.9. The van der Waals surface area contributed by atoms with Gasteiger partial charge in [-0.05, 0) is 51.0 Å². The van der Waals surface area contributed by atoms with E-state index in [-0.39, 0.29) is 5.56 Å². The van der Waals surface area contributed by atoms with E-state index in [9.17, 15) is 4.79 Å². The first-order chi connectivity index (χ1) is 13.2. The minimum absolute atomic E-state index is 0.0269. The van der Waals surface area contributed by atoms with Gasteiger partial charge in [0.15, 0.2) is 0 Å². The van der Waals surface area contributed by atoms with Gasteiger partial charge in [0.25, 0.3) is 5.56 Å². The normalized spacial score (nSPS) is 11.9. The molecule has 0 bridgehead atoms. The molecule has 2 heterocycles. The number of halogens is 1. The molecule has 146 valence electrons. The maximum atomic E-state index is 12.9. The fraction of sp³-hybridized carbons (Fsp3) is 0.524. The van der Waals surface area contributed by atoms with Gasteiger partial charge in [-0.3, -0.25) is 9.36 Å². The van der Waals surface area contributed by atoms with Crippen molar-refractivity contribution in [2.45, 2.75) is 52.5 Å². The van der Waals surface area contributed by atoms with Crippen LogP contribution in [-0.4, -0.2) is 39.1 Å². The predicted molar refractivity (Wildman–Crippen MR) is 114 cm³/mol. The van der Waals surface area contributed by atoms with E-state index in [1.165, 1.54) is 25.7 Å². The number of unbranched alkanes of at least 4 members (excludes halogenated alkanes) is 2. The van der Waals surface area contributed by atoms with Crippen LogP contribution in [0.25, 0.3) is 21.9 Å². The number of nitrogens with one attached hydrogen (secondary N) is 1. The Kier molecular flexibility index (Phi) is 6.91. The molecule has 5 nitrogen and oxygen atoms in total. The molecule has 0 aliphatic rings. The van der Waals surface area contributed by atoms with E-state index in [0.717, 1.165) is 37.0 Å². The van der Waals surface area contributed by atoms with Gasteiger partial charge in [-0.2, -0.15) is 0 Å². The summed E-state index contributed by atoms with van der Waals surface area (Å²) >= 11 is 6.30. The molecule has 0 saturated heterocycles. The second-order valence-corrected chi connectivity index (χ2v) is 7.56. The Morgan fingerprint density at radius 2 is 1.81 bits per heavy atom. The van der Waals surface area contributed by atoms with Crippen LogP contribution in [0.3, 0.4) is 0 Å². The van der Waals surface area contributed by atoms with Crippen molar-refractivity contribution in [3.63, 3.8) is 0 Å². The highest BCUT2D eigenvalue weighted by Gasteiger charge is 2.13. The number of aromatic amines is 1. The van der Waals surface area contributed by atoms with E-state index in [2.05, 4.69) is 28.7 Å². The van der Waals surface area contributed by atoms with Gasteiger partial charge in [-0.25, -0.2) is 4.98 Å². The third kappa shape index (κ3) is 4.53. The topological polar surface area (TPSA) is 53.9 Å². The third-order valence-electron chi connectivity index (χ3n) is 5.08. The fourth-order valence-electron chi connectivity index (χ4n) is 3.52. The molecule has 0 saturated carbocycles. The van der Waals surface area contributed by atoms with E-state index in [1.807, 2.05) is 18.2 Å². The summed E-state index contributed by atoms with van der Waals surface area (Å²) in [7, 11) is 0. The molecular formula is C21H29ClN4O. The van der Waals surface area contributed by atoms with Crippen LogP contribution in [-0.2, 0) is 6.54 Å². The van der Waals surface area contributed by atoms with Crippen LogP contribution in [0.15, 0.2) is 29.3 Å². The molecule has 1 aromatic carbocycles. The average Bonchev–Trinajstić information content (AvgIpc) is 3.06. The Bertz CT molecular complexity index is 938. The first-order valence-electron chi connectivity index (χ1n) is 10.0. The van der Waals surface area contributed by atoms with Crippen LogP contribution in [0, 0.1) is 0 Å². The summed E-state index contributed by atoms with van der Waals surface area (Å²) in [6.07, 6.45) is 7.49. The zero-order chi connectivity index (χ0) is 19.2. The summed E-state index contributed by atoms with van der Waals surface area (Å²) in [4.78, 5) is 23.1. The number of aryl methyl sites for hydroxylation is 1. The second kappa shape index (κ2) is 9.38. The molecule has 2 aromatic heterocycles. The molecule has 0 amide bonds. The zero-order valence-corrected chi connectivity index (χ0v) is 17.1. The number of H-pyrrole nitrogens is 1. The lowest BCUT2D eigenvalue weighted by Gasteiger charge is -2.22. The van der Waals surface area contributed by atoms with Gasteiger partial charge in [0.1, 0.15) is 11.0 Å². The summed E-state index contributed by atoms with van der Waals surface area (Å²) < 4.78 is 1.71. The van der Waals surface area contributed by atoms with Crippen LogP contribution < -0.4 is 5.56 Å². The number of fused-ring (bicyclic) bond motifs is 3. The Morgan fingerprint density at radius 3 is 2.52 bits per heavy atom. The summed E-state index contributed by atoms with van der Waals surface area (Å²) in [6.45, 7) is 8.44. The van der Waals surface area contributed by atoms with Gasteiger partial charge in [-0.15, -0.1) is 0 Å². The Balaban J connectivity index is 1.73. The lowest BCUT2D eigenvalue weighted by Crippen LogP contribution is -2.29. The molecule has 0 fully saturated rings. The number of hydrogen-bond acceptors (Lipinski definition) is 3. The smallest absolute Gasteiger partial charge is 0.277 e. The monoisotopic (exact) mass is 388 g/mol. The lowest BCUT2D eigenvalue weighted by molar-refractivity contribution is 0.257. The molecule has 27 heavy (non-hydrogen) atoms. The number of aromatic nitrogens is 3. The summed E-state index contributed by atoms with van der Waals surface area (Å²) in [6, 6.07) is 5.62. The van der Waals surface area contributed by atoms with E-state index in [0.29, 0.717) is 22.6 Å². The lowest BCUT2D eigenvalue weighted by atomic mass is 10.2. The van der Waals surface area contributed by atoms with E-state index < -0.39 is 0 Å². The quantitative estimate of drug-likeness (QED) is 0.541. The summed E-state index contributed by atoms with van der Waals surface area (Å²) in [5, 5.41) is 1.44. The highest BCUT2D eigenvalue weighted by atomic mass is 35.5. The molecule has 3 aromatic rings. The van der Waals surface area contributed by atoms with Crippen molar-refractivity contribution in [3.8, 4) is 0 Å². The Hall–Kier alpha value is -1.85. The maximum Gasteiger partial charge on any atom is 0.277 e. The van der Waals surface area contributed by atoms with Gasteiger partial charge in [-0.1, -0.05) is 44.4 Å². The van der Waals surface area contributed by atoms with Crippen LogP contribution in [0.4, 0.5) is 0 Å². The Morgan fingerprint density at radius 1 is 1.11 bits per heavy atom. The molecule has 0 aliphatic carbocycles. The van der Waals surface area contributed by atoms with E-state index in [4.69, 9.17) is 11.6 Å². The highest BCUT2D eigenvalue weighted by Crippen LogP contribution is 2.28. The van der Waals surface area contributed by atoms with Gasteiger partial charge < -0.3 is 9.88 Å². The average molecular weight is 389 g/mol. The molecule has 1 N–H and O–H groups in total. The molecule has 3 rings (SSSR count). The fourth-order valence-corrected chi connectivity index (χ4v) is 3.78. The predicted octanol–water partition coefficient (Wildman–Crippen LogP) is 4.82. The van der Waals surface area contributed by atoms with Crippen LogP contribution in [0.5, 0.6) is 0 Å². The van der Waals surface area contributed by atoms with Gasteiger partial charge in [0, 0.05) is 17.4 Å². The molecular weight excluding hydrogens is 360 g/mol. The van der Waals surface area contributed by atoms with Crippen molar-refractivity contribution in [3.05, 3.63) is 39.9 Å². The first kappa shape index (κ1) is 19.9. The molecule has 0 spiro atoms. The standard InChI is InChI=1S/C21H29ClN4O/c1-3-5-11-25(12-6-4-2)13-8-14-26-15-23-19-18-16(22)9-7-10-17(18)24-20(19)21(26)27/h7,9-10,15,24H,3-6,8,11-14H2,1-2H3. The molecule has 0 aliphatic heterocycles. The van der Waals surface area contributed by atoms with Crippen molar-refractivity contribution in [1.29, 1.82) is 0 Å². The van der Waals surface area contributed by atoms with Gasteiger partial charge >= 0.3 is 0 Å². The van der Waals surface area contributed by atoms with Gasteiger partial charge in [0.2, 0.25) is 0 Å². The van der Waals surface area contributed by atoms with Crippen LogP contribution in [0.2, 0.25) is 5.02 Å².